The summed E-state index contributed by atoms with van der Waals surface area (Å²) in [6.45, 7) is 3.75. The molecule has 1 heterocycles. The molecule has 1 rings (SSSR count). The first-order chi connectivity index (χ1) is 34.0. The molecule has 13 heteroatoms. The molecule has 0 aromatic rings. The van der Waals surface area contributed by atoms with Gasteiger partial charge in [-0.25, -0.2) is 0 Å². The Morgan fingerprint density at radius 3 is 1.30 bits per heavy atom. The van der Waals surface area contributed by atoms with Crippen molar-refractivity contribution in [2.24, 2.45) is 0 Å². The van der Waals surface area contributed by atoms with Crippen molar-refractivity contribution in [2.75, 3.05) is 19.0 Å². The zero-order valence-corrected chi connectivity index (χ0v) is 44.9. The summed E-state index contributed by atoms with van der Waals surface area (Å²) < 4.78 is 54.3. The van der Waals surface area contributed by atoms with Gasteiger partial charge in [-0.2, -0.15) is 8.42 Å². The second kappa shape index (κ2) is 46.4. The third-order valence-electron chi connectivity index (χ3n) is 12.9. The molecule has 0 aromatic carbocycles. The van der Waals surface area contributed by atoms with Gasteiger partial charge in [-0.05, 0) is 57.8 Å². The number of rotatable bonds is 48. The zero-order valence-electron chi connectivity index (χ0n) is 44.1. The molecule has 0 aliphatic carbocycles. The molecule has 408 valence electrons. The van der Waals surface area contributed by atoms with E-state index in [0.717, 1.165) is 64.2 Å². The van der Waals surface area contributed by atoms with Gasteiger partial charge in [0.05, 0.1) is 6.61 Å². The Morgan fingerprint density at radius 2 is 0.857 bits per heavy atom. The standard InChI is InChI=1S/C57H102O12S/c1-3-5-7-9-11-13-15-17-19-21-23-24-25-26-28-29-31-33-35-37-39-41-43-45-52(58)66-47-50(48-67-57-56(62)55(61)54(60)51(69-57)49-70(63,64)65)68-53(59)46-44-42-40-38-36-34-32-30-27-22-20-18-16-14-12-10-8-6-4-2/h12,14,18,20,27,30,34,36,50-51,54-57,60-62H,3-11,13,15-17,19,21-26,28-29,31-33,35,37-49H2,1-2H3,(H,63,64,65)/b14-12+,20-18+,30-27+,36-34+/t50-,51-,54-,55?,56?,57+/m1/s1. The van der Waals surface area contributed by atoms with E-state index in [1.807, 2.05) is 0 Å². The normalized spacial score (nSPS) is 19.3. The molecule has 0 bridgehead atoms. The number of esters is 2. The number of ether oxygens (including phenoxy) is 4. The summed E-state index contributed by atoms with van der Waals surface area (Å²) in [5.74, 6) is -2.01. The molecule has 0 amide bonds. The molecule has 0 radical (unpaired) electrons. The van der Waals surface area contributed by atoms with E-state index in [0.29, 0.717) is 12.8 Å². The average molecular weight is 1010 g/mol. The fraction of sp³-hybridized carbons (Fsp3) is 0.825. The lowest BCUT2D eigenvalue weighted by Crippen LogP contribution is -2.60. The number of hydrogen-bond acceptors (Lipinski definition) is 11. The quantitative estimate of drug-likeness (QED) is 0.0196. The average Bonchev–Trinajstić information content (AvgIpc) is 3.33. The summed E-state index contributed by atoms with van der Waals surface area (Å²) in [7, 11) is -4.61. The maximum Gasteiger partial charge on any atom is 0.306 e. The molecule has 0 spiro atoms. The van der Waals surface area contributed by atoms with Crippen LogP contribution in [0.4, 0.5) is 0 Å². The molecule has 1 fully saturated rings. The molecule has 0 aromatic heterocycles. The van der Waals surface area contributed by atoms with E-state index in [2.05, 4.69) is 62.5 Å². The fourth-order valence-corrected chi connectivity index (χ4v) is 9.24. The summed E-state index contributed by atoms with van der Waals surface area (Å²) in [6.07, 6.45) is 48.7. The van der Waals surface area contributed by atoms with E-state index in [4.69, 9.17) is 18.9 Å². The number of aliphatic hydroxyl groups is 3. The predicted molar refractivity (Wildman–Crippen MR) is 284 cm³/mol. The lowest BCUT2D eigenvalue weighted by molar-refractivity contribution is -0.297. The molecule has 4 N–H and O–H groups in total. The van der Waals surface area contributed by atoms with E-state index in [1.54, 1.807) is 0 Å². The number of carbonyl (C=O) groups is 2. The van der Waals surface area contributed by atoms with E-state index >= 15 is 0 Å². The van der Waals surface area contributed by atoms with Crippen LogP contribution in [0.1, 0.15) is 245 Å². The van der Waals surface area contributed by atoms with Crippen molar-refractivity contribution in [1.29, 1.82) is 0 Å². The smallest absolute Gasteiger partial charge is 0.306 e. The first-order valence-corrected chi connectivity index (χ1v) is 29.8. The highest BCUT2D eigenvalue weighted by atomic mass is 32.2. The molecule has 0 saturated carbocycles. The van der Waals surface area contributed by atoms with E-state index in [9.17, 15) is 37.9 Å². The minimum Gasteiger partial charge on any atom is -0.462 e. The van der Waals surface area contributed by atoms with Crippen LogP contribution in [-0.4, -0.2) is 96.0 Å². The van der Waals surface area contributed by atoms with Gasteiger partial charge in [0.15, 0.2) is 12.4 Å². The van der Waals surface area contributed by atoms with Crippen molar-refractivity contribution >= 4 is 22.1 Å². The van der Waals surface area contributed by atoms with Gasteiger partial charge in [0, 0.05) is 12.8 Å². The lowest BCUT2D eigenvalue weighted by Gasteiger charge is -2.40. The van der Waals surface area contributed by atoms with Crippen LogP contribution in [0.3, 0.4) is 0 Å². The fourth-order valence-electron chi connectivity index (χ4n) is 8.54. The largest absolute Gasteiger partial charge is 0.462 e. The molecule has 12 nitrogen and oxygen atoms in total. The van der Waals surface area contributed by atoms with E-state index in [-0.39, 0.29) is 19.4 Å². The van der Waals surface area contributed by atoms with Crippen LogP contribution in [0.15, 0.2) is 48.6 Å². The van der Waals surface area contributed by atoms with Gasteiger partial charge in [0.2, 0.25) is 0 Å². The minimum absolute atomic E-state index is 0.127. The van der Waals surface area contributed by atoms with Crippen molar-refractivity contribution in [1.82, 2.24) is 0 Å². The van der Waals surface area contributed by atoms with Crippen LogP contribution in [0.2, 0.25) is 0 Å². The highest BCUT2D eigenvalue weighted by Crippen LogP contribution is 2.24. The van der Waals surface area contributed by atoms with Crippen LogP contribution in [0.5, 0.6) is 0 Å². The van der Waals surface area contributed by atoms with Gasteiger partial charge in [-0.3, -0.25) is 14.1 Å². The van der Waals surface area contributed by atoms with E-state index in [1.165, 1.54) is 141 Å². The molecule has 1 aliphatic heterocycles. The Hall–Kier alpha value is -2.39. The highest BCUT2D eigenvalue weighted by molar-refractivity contribution is 7.85. The van der Waals surface area contributed by atoms with Crippen molar-refractivity contribution < 1.29 is 56.8 Å². The SMILES string of the molecule is CCCCC/C=C/C/C=C/C/C=C/C/C=C/CCCCCC(=O)O[C@H](COC(=O)CCCCCCCCCCCCCCCCCCCCCCCCC)CO[C@H]1O[C@H](CS(=O)(=O)O)[C@@H](O)C(O)C1O. The Balaban J connectivity index is 2.34. The summed E-state index contributed by atoms with van der Waals surface area (Å²) in [6, 6.07) is 0. The van der Waals surface area contributed by atoms with Gasteiger partial charge < -0.3 is 34.3 Å². The Morgan fingerprint density at radius 1 is 0.486 bits per heavy atom. The Bertz CT molecular complexity index is 1460. The molecule has 70 heavy (non-hydrogen) atoms. The molecule has 6 atom stereocenters. The van der Waals surface area contributed by atoms with Gasteiger partial charge >= 0.3 is 11.9 Å². The first kappa shape index (κ1) is 65.6. The number of unbranched alkanes of at least 4 members (excludes halogenated alkanes) is 28. The van der Waals surface area contributed by atoms with Crippen molar-refractivity contribution in [3.05, 3.63) is 48.6 Å². The van der Waals surface area contributed by atoms with E-state index < -0.39 is 71.2 Å². The van der Waals surface area contributed by atoms with Crippen LogP contribution in [-0.2, 0) is 38.7 Å². The summed E-state index contributed by atoms with van der Waals surface area (Å²) in [5.41, 5.74) is 0. The van der Waals surface area contributed by atoms with Crippen LogP contribution in [0, 0.1) is 0 Å². The molecular formula is C57H102O12S. The van der Waals surface area contributed by atoms with Crippen LogP contribution in [0.25, 0.3) is 0 Å². The molecule has 1 aliphatic rings. The Labute approximate surface area is 426 Å². The monoisotopic (exact) mass is 1010 g/mol. The number of hydrogen-bond donors (Lipinski definition) is 4. The maximum absolute atomic E-state index is 12.9. The summed E-state index contributed by atoms with van der Waals surface area (Å²) >= 11 is 0. The van der Waals surface area contributed by atoms with Crippen molar-refractivity contribution in [3.8, 4) is 0 Å². The van der Waals surface area contributed by atoms with Gasteiger partial charge in [-0.1, -0.05) is 223 Å². The van der Waals surface area contributed by atoms with Crippen molar-refractivity contribution in [2.45, 2.75) is 282 Å². The second-order valence-corrected chi connectivity index (χ2v) is 21.1. The van der Waals surface area contributed by atoms with Gasteiger partial charge in [-0.15, -0.1) is 0 Å². The van der Waals surface area contributed by atoms with Gasteiger partial charge in [0.1, 0.15) is 36.8 Å². The first-order valence-electron chi connectivity index (χ1n) is 28.2. The predicted octanol–water partition coefficient (Wildman–Crippen LogP) is 13.5. The summed E-state index contributed by atoms with van der Waals surface area (Å²) in [4.78, 5) is 25.6. The third-order valence-corrected chi connectivity index (χ3v) is 13.7. The summed E-state index contributed by atoms with van der Waals surface area (Å²) in [5, 5.41) is 31.0. The molecule has 2 unspecified atom stereocenters. The Kier molecular flexibility index (Phi) is 43.5. The molecular weight excluding hydrogens is 909 g/mol. The molecule has 1 saturated heterocycles. The highest BCUT2D eigenvalue weighted by Gasteiger charge is 2.46. The van der Waals surface area contributed by atoms with Crippen LogP contribution >= 0.6 is 0 Å². The zero-order chi connectivity index (χ0) is 51.2. The minimum atomic E-state index is -4.61. The number of aliphatic hydroxyl groups excluding tert-OH is 3. The maximum atomic E-state index is 12.9. The van der Waals surface area contributed by atoms with Crippen molar-refractivity contribution in [3.63, 3.8) is 0 Å². The van der Waals surface area contributed by atoms with Crippen LogP contribution < -0.4 is 0 Å². The topological polar surface area (TPSA) is 186 Å². The third kappa shape index (κ3) is 40.1. The lowest BCUT2D eigenvalue weighted by atomic mass is 10.00. The second-order valence-electron chi connectivity index (χ2n) is 19.6. The number of allylic oxidation sites excluding steroid dienone is 8. The van der Waals surface area contributed by atoms with Gasteiger partial charge in [0.25, 0.3) is 10.1 Å². The number of carbonyl (C=O) groups excluding carboxylic acids is 2.